The van der Waals surface area contributed by atoms with E-state index in [0.717, 1.165) is 18.4 Å². The summed E-state index contributed by atoms with van der Waals surface area (Å²) in [6, 6.07) is 11.6. The topological polar surface area (TPSA) is 92.4 Å². The molecule has 0 saturated carbocycles. The Hall–Kier alpha value is -2.55. The molecule has 0 radical (unpaired) electrons. The maximum Gasteiger partial charge on any atom is 0.248 e. The highest BCUT2D eigenvalue weighted by molar-refractivity contribution is 7.89. The molecule has 1 saturated heterocycles. The summed E-state index contributed by atoms with van der Waals surface area (Å²) in [7, 11) is -3.71. The normalized spacial score (nSPS) is 17.2. The zero-order chi connectivity index (χ0) is 20.3. The summed E-state index contributed by atoms with van der Waals surface area (Å²) in [5, 5.41) is 0.678. The van der Waals surface area contributed by atoms with Gasteiger partial charge in [0.25, 0.3) is 0 Å². The van der Waals surface area contributed by atoms with E-state index in [0.29, 0.717) is 37.0 Å². The summed E-state index contributed by atoms with van der Waals surface area (Å²) < 4.78 is 34.1. The molecule has 1 fully saturated rings. The molecular weight excluding hydrogens is 390 g/mol. The van der Waals surface area contributed by atoms with Crippen molar-refractivity contribution < 1.29 is 13.2 Å². The molecule has 7 nitrogen and oxygen atoms in total. The minimum absolute atomic E-state index is 0.0842. The van der Waals surface area contributed by atoms with Gasteiger partial charge >= 0.3 is 0 Å². The lowest BCUT2D eigenvalue weighted by atomic mass is 10.2. The first-order valence-electron chi connectivity index (χ1n) is 9.66. The van der Waals surface area contributed by atoms with E-state index >= 15 is 0 Å². The molecule has 1 atom stereocenters. The van der Waals surface area contributed by atoms with Crippen LogP contribution in [0.3, 0.4) is 0 Å². The molecule has 3 aromatic rings. The van der Waals surface area contributed by atoms with Gasteiger partial charge < -0.3 is 9.72 Å². The Morgan fingerprint density at radius 2 is 1.97 bits per heavy atom. The van der Waals surface area contributed by atoms with E-state index < -0.39 is 10.0 Å². The predicted molar refractivity (Wildman–Crippen MR) is 110 cm³/mol. The van der Waals surface area contributed by atoms with Crippen molar-refractivity contribution in [1.82, 2.24) is 14.3 Å². The Morgan fingerprint density at radius 1 is 1.14 bits per heavy atom. The van der Waals surface area contributed by atoms with Gasteiger partial charge in [0.2, 0.25) is 15.6 Å². The standard InChI is InChI=1S/C21H23N3O4S/c25-21-6-3-17-14-19(4-5-20(17)23-21)29(26,27)24(15-18-2-1-13-28-18)12-9-16-7-10-22-11-8-16/h3-8,10-11,14,18H,1-2,9,12-13,15H2,(H,23,25). The Labute approximate surface area is 169 Å². The molecule has 4 rings (SSSR count). The molecule has 152 valence electrons. The molecule has 1 N–H and O–H groups in total. The number of nitrogens with one attached hydrogen (secondary N) is 1. The van der Waals surface area contributed by atoms with E-state index in [1.54, 1.807) is 36.7 Å². The minimum Gasteiger partial charge on any atom is -0.377 e. The third-order valence-electron chi connectivity index (χ3n) is 5.16. The highest BCUT2D eigenvalue weighted by atomic mass is 32.2. The van der Waals surface area contributed by atoms with Crippen molar-refractivity contribution in [2.75, 3.05) is 19.7 Å². The van der Waals surface area contributed by atoms with Crippen LogP contribution in [0.4, 0.5) is 0 Å². The summed E-state index contributed by atoms with van der Waals surface area (Å²) in [6.45, 7) is 1.36. The van der Waals surface area contributed by atoms with Crippen molar-refractivity contribution in [2.24, 2.45) is 0 Å². The van der Waals surface area contributed by atoms with E-state index in [4.69, 9.17) is 4.74 Å². The summed E-state index contributed by atoms with van der Waals surface area (Å²) in [4.78, 5) is 18.4. The first-order valence-corrected chi connectivity index (χ1v) is 11.1. The highest BCUT2D eigenvalue weighted by Gasteiger charge is 2.29. The Balaban J connectivity index is 1.63. The van der Waals surface area contributed by atoms with Crippen LogP contribution in [-0.2, 0) is 21.2 Å². The van der Waals surface area contributed by atoms with Gasteiger partial charge in [-0.15, -0.1) is 0 Å². The smallest absolute Gasteiger partial charge is 0.248 e. The van der Waals surface area contributed by atoms with E-state index in [2.05, 4.69) is 9.97 Å². The van der Waals surface area contributed by atoms with Crippen LogP contribution >= 0.6 is 0 Å². The van der Waals surface area contributed by atoms with Crippen LogP contribution in [0.5, 0.6) is 0 Å². The van der Waals surface area contributed by atoms with E-state index in [9.17, 15) is 13.2 Å². The lowest BCUT2D eigenvalue weighted by Gasteiger charge is -2.25. The quantitative estimate of drug-likeness (QED) is 0.642. The highest BCUT2D eigenvalue weighted by Crippen LogP contribution is 2.23. The largest absolute Gasteiger partial charge is 0.377 e. The van der Waals surface area contributed by atoms with Crippen molar-refractivity contribution in [3.8, 4) is 0 Å². The van der Waals surface area contributed by atoms with Crippen LogP contribution in [0.2, 0.25) is 0 Å². The third kappa shape index (κ3) is 4.55. The van der Waals surface area contributed by atoms with Crippen molar-refractivity contribution in [2.45, 2.75) is 30.3 Å². The number of hydrogen-bond donors (Lipinski definition) is 1. The molecule has 8 heteroatoms. The summed E-state index contributed by atoms with van der Waals surface area (Å²) in [6.07, 6.45) is 5.73. The average Bonchev–Trinajstić information content (AvgIpc) is 3.24. The fourth-order valence-corrected chi connectivity index (χ4v) is 5.08. The number of hydrogen-bond acceptors (Lipinski definition) is 5. The molecule has 29 heavy (non-hydrogen) atoms. The molecule has 0 spiro atoms. The van der Waals surface area contributed by atoms with Crippen molar-refractivity contribution in [3.63, 3.8) is 0 Å². The van der Waals surface area contributed by atoms with E-state index in [1.807, 2.05) is 12.1 Å². The van der Waals surface area contributed by atoms with Crippen molar-refractivity contribution in [3.05, 3.63) is 70.8 Å². The van der Waals surface area contributed by atoms with E-state index in [-0.39, 0.29) is 16.6 Å². The second kappa shape index (κ2) is 8.44. The maximum absolute atomic E-state index is 13.4. The number of nitrogens with zero attached hydrogens (tertiary/aromatic N) is 2. The number of aromatic amines is 1. The van der Waals surface area contributed by atoms with Gasteiger partial charge in [0.05, 0.1) is 11.0 Å². The van der Waals surface area contributed by atoms with Crippen LogP contribution in [-0.4, -0.2) is 48.5 Å². The van der Waals surface area contributed by atoms with Crippen LogP contribution in [0.25, 0.3) is 10.9 Å². The predicted octanol–water partition coefficient (Wildman–Crippen LogP) is 2.34. The van der Waals surface area contributed by atoms with Gasteiger partial charge in [0, 0.05) is 43.7 Å². The molecule has 1 aliphatic heterocycles. The number of rotatable bonds is 7. The summed E-state index contributed by atoms with van der Waals surface area (Å²) in [5.41, 5.74) is 1.42. The molecule has 0 amide bonds. The Bertz CT molecular complexity index is 1140. The van der Waals surface area contributed by atoms with Gasteiger partial charge in [0.15, 0.2) is 0 Å². The van der Waals surface area contributed by atoms with Gasteiger partial charge in [-0.2, -0.15) is 4.31 Å². The number of aromatic nitrogens is 2. The molecule has 0 aliphatic carbocycles. The lowest BCUT2D eigenvalue weighted by molar-refractivity contribution is 0.0939. The number of benzene rings is 1. The fraction of sp³-hybridized carbons (Fsp3) is 0.333. The van der Waals surface area contributed by atoms with Crippen LogP contribution in [0.1, 0.15) is 18.4 Å². The summed E-state index contributed by atoms with van der Waals surface area (Å²) in [5.74, 6) is 0. The zero-order valence-corrected chi connectivity index (χ0v) is 16.8. The maximum atomic E-state index is 13.4. The minimum atomic E-state index is -3.71. The SMILES string of the molecule is O=c1ccc2cc(S(=O)(=O)N(CCc3ccncc3)CC3CCCO3)ccc2[nH]1. The van der Waals surface area contributed by atoms with Gasteiger partial charge in [-0.1, -0.05) is 0 Å². The van der Waals surface area contributed by atoms with Crippen LogP contribution in [0, 0.1) is 0 Å². The first-order chi connectivity index (χ1) is 14.0. The van der Waals surface area contributed by atoms with Gasteiger partial charge in [-0.3, -0.25) is 9.78 Å². The lowest BCUT2D eigenvalue weighted by Crippen LogP contribution is -2.38. The number of sulfonamides is 1. The molecule has 1 unspecified atom stereocenters. The van der Waals surface area contributed by atoms with Crippen molar-refractivity contribution >= 4 is 20.9 Å². The van der Waals surface area contributed by atoms with Crippen molar-refractivity contribution in [1.29, 1.82) is 0 Å². The average molecular weight is 413 g/mol. The van der Waals surface area contributed by atoms with Gasteiger partial charge in [-0.25, -0.2) is 8.42 Å². The second-order valence-corrected chi connectivity index (χ2v) is 9.11. The monoisotopic (exact) mass is 413 g/mol. The number of H-pyrrole nitrogens is 1. The molecule has 1 aliphatic rings. The third-order valence-corrected chi connectivity index (χ3v) is 7.02. The number of pyridine rings is 2. The first kappa shape index (κ1) is 19.8. The molecule has 3 heterocycles. The summed E-state index contributed by atoms with van der Waals surface area (Å²) >= 11 is 0. The molecule has 0 bridgehead atoms. The van der Waals surface area contributed by atoms with Crippen LogP contribution < -0.4 is 5.56 Å². The van der Waals surface area contributed by atoms with Gasteiger partial charge in [0.1, 0.15) is 0 Å². The molecular formula is C21H23N3O4S. The number of ether oxygens (including phenoxy) is 1. The zero-order valence-electron chi connectivity index (χ0n) is 16.0. The fourth-order valence-electron chi connectivity index (χ4n) is 3.57. The number of fused-ring (bicyclic) bond motifs is 1. The Kier molecular flexibility index (Phi) is 5.75. The Morgan fingerprint density at radius 3 is 2.72 bits per heavy atom. The second-order valence-electron chi connectivity index (χ2n) is 7.18. The molecule has 2 aromatic heterocycles. The van der Waals surface area contributed by atoms with Crippen LogP contribution in [0.15, 0.2) is 64.5 Å². The molecule has 1 aromatic carbocycles. The van der Waals surface area contributed by atoms with E-state index in [1.165, 1.54) is 10.4 Å². The van der Waals surface area contributed by atoms with Gasteiger partial charge in [-0.05, 0) is 66.6 Å².